The Balaban J connectivity index is 1.88. The number of fused-ring (bicyclic) bond motifs is 2. The highest BCUT2D eigenvalue weighted by atomic mass is 16.1. The number of pyridine rings is 1. The Labute approximate surface area is 180 Å². The van der Waals surface area contributed by atoms with E-state index < -0.39 is 0 Å². The van der Waals surface area contributed by atoms with Crippen LogP contribution in [0.4, 0.5) is 5.82 Å². The molecular formula is C24H27N5O2. The van der Waals surface area contributed by atoms with E-state index in [0.717, 1.165) is 42.5 Å². The number of nitrogens with zero attached hydrogens (tertiary/aromatic N) is 5. The van der Waals surface area contributed by atoms with Crippen LogP contribution in [0.5, 0.6) is 0 Å². The van der Waals surface area contributed by atoms with Crippen molar-refractivity contribution in [1.82, 2.24) is 18.9 Å². The molecular weight excluding hydrogens is 390 g/mol. The molecule has 0 bridgehead atoms. The average Bonchev–Trinajstić information content (AvgIpc) is 2.76. The molecule has 0 unspecified atom stereocenters. The van der Waals surface area contributed by atoms with Crippen molar-refractivity contribution >= 4 is 22.5 Å². The van der Waals surface area contributed by atoms with Crippen molar-refractivity contribution in [2.24, 2.45) is 0 Å². The molecule has 0 saturated carbocycles. The van der Waals surface area contributed by atoms with E-state index in [2.05, 4.69) is 23.7 Å². The highest BCUT2D eigenvalue weighted by molar-refractivity contribution is 5.76. The largest absolute Gasteiger partial charge is 0.352 e. The first kappa shape index (κ1) is 20.8. The quantitative estimate of drug-likeness (QED) is 0.461. The summed E-state index contributed by atoms with van der Waals surface area (Å²) in [6, 6.07) is 12.9. The zero-order valence-corrected chi connectivity index (χ0v) is 18.2. The van der Waals surface area contributed by atoms with Gasteiger partial charge in [-0.25, -0.2) is 9.97 Å². The Bertz CT molecular complexity index is 1350. The third kappa shape index (κ3) is 4.08. The van der Waals surface area contributed by atoms with E-state index >= 15 is 0 Å². The number of para-hydroxylation sites is 2. The molecule has 0 saturated heterocycles. The van der Waals surface area contributed by atoms with Gasteiger partial charge in [0.15, 0.2) is 5.82 Å². The second-order valence-electron chi connectivity index (χ2n) is 7.82. The van der Waals surface area contributed by atoms with Gasteiger partial charge in [0.1, 0.15) is 5.65 Å². The van der Waals surface area contributed by atoms with Gasteiger partial charge < -0.3 is 4.90 Å². The summed E-state index contributed by atoms with van der Waals surface area (Å²) >= 11 is 0. The topological polar surface area (TPSA) is 72.5 Å². The number of anilines is 1. The molecule has 0 fully saturated rings. The highest BCUT2D eigenvalue weighted by Crippen LogP contribution is 2.16. The number of hydrogen-bond donors (Lipinski definition) is 0. The van der Waals surface area contributed by atoms with Crippen LogP contribution in [-0.2, 0) is 6.54 Å². The van der Waals surface area contributed by atoms with Crippen LogP contribution in [0.2, 0.25) is 0 Å². The third-order valence-corrected chi connectivity index (χ3v) is 5.30. The van der Waals surface area contributed by atoms with Gasteiger partial charge in [0.05, 0.1) is 23.3 Å². The third-order valence-electron chi connectivity index (χ3n) is 5.30. The lowest BCUT2D eigenvalue weighted by molar-refractivity contribution is 0.705. The number of benzene rings is 1. The Morgan fingerprint density at radius 1 is 0.968 bits per heavy atom. The lowest BCUT2D eigenvalue weighted by atomic mass is 10.2. The van der Waals surface area contributed by atoms with Gasteiger partial charge in [-0.2, -0.15) is 0 Å². The maximum absolute atomic E-state index is 13.5. The summed E-state index contributed by atoms with van der Waals surface area (Å²) in [5.74, 6) is 0.454. The molecule has 3 heterocycles. The maximum atomic E-state index is 13.5. The first-order chi connectivity index (χ1) is 15.0. The molecule has 0 aliphatic carbocycles. The second kappa shape index (κ2) is 8.71. The van der Waals surface area contributed by atoms with Gasteiger partial charge >= 0.3 is 0 Å². The number of aromatic nitrogens is 4. The number of rotatable bonds is 7. The van der Waals surface area contributed by atoms with Crippen LogP contribution in [0.1, 0.15) is 37.9 Å². The molecule has 31 heavy (non-hydrogen) atoms. The van der Waals surface area contributed by atoms with E-state index in [0.29, 0.717) is 17.2 Å². The van der Waals surface area contributed by atoms with E-state index in [1.807, 2.05) is 43.3 Å². The molecule has 4 aromatic rings. The van der Waals surface area contributed by atoms with Crippen molar-refractivity contribution in [3.8, 4) is 0 Å². The smallest absolute Gasteiger partial charge is 0.294 e. The molecule has 7 heteroatoms. The summed E-state index contributed by atoms with van der Waals surface area (Å²) < 4.78 is 3.21. The molecule has 0 spiro atoms. The van der Waals surface area contributed by atoms with E-state index in [1.165, 1.54) is 10.5 Å². The van der Waals surface area contributed by atoms with E-state index in [4.69, 9.17) is 4.98 Å². The molecule has 160 valence electrons. The number of aryl methyl sites for hydroxylation is 1. The minimum Gasteiger partial charge on any atom is -0.352 e. The van der Waals surface area contributed by atoms with E-state index in [1.54, 1.807) is 10.8 Å². The summed E-state index contributed by atoms with van der Waals surface area (Å²) in [5.41, 5.74) is 3.27. The van der Waals surface area contributed by atoms with Gasteiger partial charge in [-0.1, -0.05) is 32.0 Å². The van der Waals surface area contributed by atoms with Crippen LogP contribution >= 0.6 is 0 Å². The van der Waals surface area contributed by atoms with Crippen molar-refractivity contribution in [2.45, 2.75) is 40.2 Å². The lowest BCUT2D eigenvalue weighted by Gasteiger charge is -2.23. The van der Waals surface area contributed by atoms with Crippen molar-refractivity contribution in [1.29, 1.82) is 0 Å². The first-order valence-corrected chi connectivity index (χ1v) is 10.7. The van der Waals surface area contributed by atoms with Gasteiger partial charge in [-0.3, -0.25) is 18.6 Å². The first-order valence-electron chi connectivity index (χ1n) is 10.7. The Hall–Kier alpha value is -3.48. The summed E-state index contributed by atoms with van der Waals surface area (Å²) in [4.78, 5) is 37.6. The minimum atomic E-state index is -0.161. The fourth-order valence-corrected chi connectivity index (χ4v) is 3.91. The molecule has 4 rings (SSSR count). The SMILES string of the molecule is CCCN(CCC)c1nc2ccccc2n(Cc2cc(=O)n3cc(C)ccc3n2)c1=O. The van der Waals surface area contributed by atoms with Crippen LogP contribution in [0, 0.1) is 6.92 Å². The zero-order valence-electron chi connectivity index (χ0n) is 18.2. The van der Waals surface area contributed by atoms with Crippen LogP contribution in [0.25, 0.3) is 16.7 Å². The average molecular weight is 418 g/mol. The summed E-state index contributed by atoms with van der Waals surface area (Å²) in [6.45, 7) is 7.86. The molecule has 0 aliphatic heterocycles. The molecule has 0 atom stereocenters. The highest BCUT2D eigenvalue weighted by Gasteiger charge is 2.17. The van der Waals surface area contributed by atoms with Crippen molar-refractivity contribution in [3.63, 3.8) is 0 Å². The van der Waals surface area contributed by atoms with Crippen LogP contribution in [0.3, 0.4) is 0 Å². The molecule has 7 nitrogen and oxygen atoms in total. The zero-order chi connectivity index (χ0) is 22.0. The van der Waals surface area contributed by atoms with Gasteiger partial charge in [-0.05, 0) is 43.5 Å². The summed E-state index contributed by atoms with van der Waals surface area (Å²) in [5, 5.41) is 0. The molecule has 0 radical (unpaired) electrons. The lowest BCUT2D eigenvalue weighted by Crippen LogP contribution is -2.35. The van der Waals surface area contributed by atoms with E-state index in [-0.39, 0.29) is 17.7 Å². The monoisotopic (exact) mass is 417 g/mol. The summed E-state index contributed by atoms with van der Waals surface area (Å²) in [6.07, 6.45) is 3.63. The number of hydrogen-bond acceptors (Lipinski definition) is 5. The second-order valence-corrected chi connectivity index (χ2v) is 7.82. The van der Waals surface area contributed by atoms with Crippen molar-refractivity contribution < 1.29 is 0 Å². The Morgan fingerprint density at radius 3 is 2.45 bits per heavy atom. The van der Waals surface area contributed by atoms with E-state index in [9.17, 15) is 9.59 Å². The maximum Gasteiger partial charge on any atom is 0.294 e. The molecule has 0 aliphatic rings. The minimum absolute atomic E-state index is 0.158. The molecule has 0 N–H and O–H groups in total. The van der Waals surface area contributed by atoms with Crippen molar-refractivity contribution in [3.05, 3.63) is 80.6 Å². The standard InChI is InChI=1S/C24H27N5O2/c1-4-12-27(13-5-2)23-24(31)28(20-9-7-6-8-19(20)26-23)16-18-14-22(30)29-15-17(3)10-11-21(29)25-18/h6-11,14-15H,4-5,12-13,16H2,1-3H3. The summed E-state index contributed by atoms with van der Waals surface area (Å²) in [7, 11) is 0. The normalized spacial score (nSPS) is 11.3. The fourth-order valence-electron chi connectivity index (χ4n) is 3.91. The van der Waals surface area contributed by atoms with Crippen molar-refractivity contribution in [2.75, 3.05) is 18.0 Å². The molecule has 1 aromatic carbocycles. The van der Waals surface area contributed by atoms with Crippen LogP contribution < -0.4 is 16.0 Å². The van der Waals surface area contributed by atoms with Crippen LogP contribution in [0.15, 0.2) is 58.3 Å². The molecule has 3 aromatic heterocycles. The van der Waals surface area contributed by atoms with Gasteiger partial charge in [0, 0.05) is 25.4 Å². The fraction of sp³-hybridized carbons (Fsp3) is 0.333. The Morgan fingerprint density at radius 2 is 1.71 bits per heavy atom. The predicted molar refractivity (Wildman–Crippen MR) is 124 cm³/mol. The van der Waals surface area contributed by atoms with Gasteiger partial charge in [0.25, 0.3) is 11.1 Å². The Kier molecular flexibility index (Phi) is 5.84. The predicted octanol–water partition coefficient (Wildman–Crippen LogP) is 3.39. The van der Waals surface area contributed by atoms with Gasteiger partial charge in [-0.15, -0.1) is 0 Å². The van der Waals surface area contributed by atoms with Gasteiger partial charge in [0.2, 0.25) is 0 Å². The molecule has 0 amide bonds. The van der Waals surface area contributed by atoms with Crippen LogP contribution in [-0.4, -0.2) is 32.0 Å².